The molecule has 1 rings (SSSR count). The van der Waals surface area contributed by atoms with Crippen molar-refractivity contribution in [1.29, 1.82) is 0 Å². The third-order valence-corrected chi connectivity index (χ3v) is 1.97. The largest absolute Gasteiger partial charge is 0.382 e. The maximum absolute atomic E-state index is 13.0. The van der Waals surface area contributed by atoms with E-state index in [0.717, 1.165) is 6.07 Å². The highest BCUT2D eigenvalue weighted by Crippen LogP contribution is 2.28. The number of alkyl halides is 2. The molecule has 6 heteroatoms. The van der Waals surface area contributed by atoms with Gasteiger partial charge in [0.15, 0.2) is 5.82 Å². The maximum Gasteiger partial charge on any atom is 0.268 e. The molecular formula is C8H5ClF4O. The van der Waals surface area contributed by atoms with Gasteiger partial charge in [0, 0.05) is 5.56 Å². The van der Waals surface area contributed by atoms with Crippen molar-refractivity contribution in [2.24, 2.45) is 0 Å². The highest BCUT2D eigenvalue weighted by Gasteiger charge is 2.24. The van der Waals surface area contributed by atoms with Crippen LogP contribution in [-0.2, 0) is 0 Å². The van der Waals surface area contributed by atoms with E-state index in [1.54, 1.807) is 0 Å². The van der Waals surface area contributed by atoms with Gasteiger partial charge in [-0.25, -0.2) is 17.6 Å². The minimum Gasteiger partial charge on any atom is -0.382 e. The molecule has 0 fully saturated rings. The first kappa shape index (κ1) is 11.3. The van der Waals surface area contributed by atoms with Crippen molar-refractivity contribution in [2.75, 3.05) is 0 Å². The van der Waals surface area contributed by atoms with Gasteiger partial charge in [-0.15, -0.1) is 0 Å². The van der Waals surface area contributed by atoms with Crippen molar-refractivity contribution in [2.45, 2.75) is 12.5 Å². The second kappa shape index (κ2) is 4.14. The van der Waals surface area contributed by atoms with Crippen LogP contribution >= 0.6 is 11.6 Å². The molecule has 0 heterocycles. The summed E-state index contributed by atoms with van der Waals surface area (Å²) in [5.74, 6) is -2.42. The van der Waals surface area contributed by atoms with Crippen LogP contribution in [0.2, 0.25) is 5.02 Å². The van der Waals surface area contributed by atoms with Gasteiger partial charge in [-0.2, -0.15) is 0 Å². The Morgan fingerprint density at radius 2 is 1.79 bits per heavy atom. The Kier molecular flexibility index (Phi) is 3.34. The average molecular weight is 229 g/mol. The lowest BCUT2D eigenvalue weighted by atomic mass is 10.1. The Balaban J connectivity index is 3.17. The molecule has 1 N–H and O–H groups in total. The smallest absolute Gasteiger partial charge is 0.268 e. The average Bonchev–Trinajstić information content (AvgIpc) is 2.13. The number of hydrogen-bond donors (Lipinski definition) is 1. The molecule has 0 saturated carbocycles. The standard InChI is InChI=1S/C8H5ClF4O/c9-5-4(10)2-1-3(6(5)11)7(14)8(12)13/h1-2,7-8,14H. The highest BCUT2D eigenvalue weighted by atomic mass is 35.5. The Labute approximate surface area is 81.9 Å². The fourth-order valence-corrected chi connectivity index (χ4v) is 1.08. The van der Waals surface area contributed by atoms with Crippen LogP contribution in [-0.4, -0.2) is 11.5 Å². The monoisotopic (exact) mass is 228 g/mol. The molecule has 0 spiro atoms. The zero-order chi connectivity index (χ0) is 10.9. The first-order valence-corrected chi connectivity index (χ1v) is 3.92. The van der Waals surface area contributed by atoms with Gasteiger partial charge in [-0.05, 0) is 6.07 Å². The van der Waals surface area contributed by atoms with Gasteiger partial charge < -0.3 is 5.11 Å². The lowest BCUT2D eigenvalue weighted by Crippen LogP contribution is -2.10. The summed E-state index contributed by atoms with van der Waals surface area (Å²) >= 11 is 5.13. The second-order valence-corrected chi connectivity index (χ2v) is 2.92. The van der Waals surface area contributed by atoms with E-state index in [4.69, 9.17) is 16.7 Å². The normalized spacial score (nSPS) is 13.4. The van der Waals surface area contributed by atoms with Crippen LogP contribution in [0.4, 0.5) is 17.6 Å². The molecule has 1 unspecified atom stereocenters. The lowest BCUT2D eigenvalue weighted by Gasteiger charge is -2.11. The molecule has 0 radical (unpaired) electrons. The molecule has 0 amide bonds. The van der Waals surface area contributed by atoms with Crippen molar-refractivity contribution in [1.82, 2.24) is 0 Å². The first-order chi connectivity index (χ1) is 6.45. The maximum atomic E-state index is 13.0. The van der Waals surface area contributed by atoms with Crippen LogP contribution in [0.3, 0.4) is 0 Å². The van der Waals surface area contributed by atoms with Gasteiger partial charge in [0.2, 0.25) is 0 Å². The van der Waals surface area contributed by atoms with Crippen molar-refractivity contribution in [3.05, 3.63) is 34.4 Å². The molecule has 78 valence electrons. The molecule has 0 aliphatic rings. The topological polar surface area (TPSA) is 20.2 Å². The molecule has 0 aliphatic heterocycles. The Morgan fingerprint density at radius 3 is 2.29 bits per heavy atom. The van der Waals surface area contributed by atoms with Gasteiger partial charge >= 0.3 is 0 Å². The molecule has 0 saturated heterocycles. The van der Waals surface area contributed by atoms with Crippen LogP contribution in [0.15, 0.2) is 12.1 Å². The molecule has 0 aliphatic carbocycles. The summed E-state index contributed by atoms with van der Waals surface area (Å²) < 4.78 is 49.5. The number of rotatable bonds is 2. The molecular weight excluding hydrogens is 224 g/mol. The molecule has 14 heavy (non-hydrogen) atoms. The molecule has 1 nitrogen and oxygen atoms in total. The lowest BCUT2D eigenvalue weighted by molar-refractivity contribution is -0.00775. The van der Waals surface area contributed by atoms with Crippen LogP contribution in [0.5, 0.6) is 0 Å². The van der Waals surface area contributed by atoms with E-state index in [0.29, 0.717) is 6.07 Å². The van der Waals surface area contributed by atoms with E-state index < -0.39 is 34.7 Å². The van der Waals surface area contributed by atoms with Crippen molar-refractivity contribution in [3.8, 4) is 0 Å². The molecule has 1 atom stereocenters. The summed E-state index contributed by atoms with van der Waals surface area (Å²) in [7, 11) is 0. The molecule has 0 aromatic heterocycles. The summed E-state index contributed by atoms with van der Waals surface area (Å²) in [6.07, 6.45) is -5.45. The minimum atomic E-state index is -3.15. The van der Waals surface area contributed by atoms with Gasteiger partial charge in [0.1, 0.15) is 16.9 Å². The van der Waals surface area contributed by atoms with E-state index >= 15 is 0 Å². The van der Waals surface area contributed by atoms with Crippen LogP contribution < -0.4 is 0 Å². The van der Waals surface area contributed by atoms with E-state index in [9.17, 15) is 17.6 Å². The highest BCUT2D eigenvalue weighted by molar-refractivity contribution is 6.30. The summed E-state index contributed by atoms with van der Waals surface area (Å²) in [5.41, 5.74) is -0.716. The predicted molar refractivity (Wildman–Crippen MR) is 42.3 cm³/mol. The number of aliphatic hydroxyl groups is 1. The van der Waals surface area contributed by atoms with Crippen LogP contribution in [0.25, 0.3) is 0 Å². The van der Waals surface area contributed by atoms with Gasteiger partial charge in [0.25, 0.3) is 6.43 Å². The Morgan fingerprint density at radius 1 is 1.21 bits per heavy atom. The first-order valence-electron chi connectivity index (χ1n) is 3.54. The van der Waals surface area contributed by atoms with E-state index in [1.165, 1.54) is 0 Å². The van der Waals surface area contributed by atoms with Crippen LogP contribution in [0, 0.1) is 11.6 Å². The van der Waals surface area contributed by atoms with Gasteiger partial charge in [-0.3, -0.25) is 0 Å². The van der Waals surface area contributed by atoms with Crippen molar-refractivity contribution >= 4 is 11.6 Å². The quantitative estimate of drug-likeness (QED) is 0.610. The third-order valence-electron chi connectivity index (χ3n) is 1.62. The fraction of sp³-hybridized carbons (Fsp3) is 0.250. The Bertz CT molecular complexity index is 342. The van der Waals surface area contributed by atoms with Gasteiger partial charge in [-0.1, -0.05) is 17.7 Å². The van der Waals surface area contributed by atoms with Crippen molar-refractivity contribution in [3.63, 3.8) is 0 Å². The summed E-state index contributed by atoms with van der Waals surface area (Å²) in [6.45, 7) is 0. The minimum absolute atomic E-state index is 0.715. The number of benzene rings is 1. The Hall–Kier alpha value is -0.810. The van der Waals surface area contributed by atoms with Gasteiger partial charge in [0.05, 0.1) is 0 Å². The van der Waals surface area contributed by atoms with E-state index in [-0.39, 0.29) is 0 Å². The zero-order valence-corrected chi connectivity index (χ0v) is 7.40. The SMILES string of the molecule is OC(c1ccc(F)c(Cl)c1F)C(F)F. The third kappa shape index (κ3) is 1.99. The summed E-state index contributed by atoms with van der Waals surface area (Å²) in [4.78, 5) is 0. The van der Waals surface area contributed by atoms with E-state index in [2.05, 4.69) is 0 Å². The summed E-state index contributed by atoms with van der Waals surface area (Å²) in [6, 6.07) is 1.44. The van der Waals surface area contributed by atoms with E-state index in [1.807, 2.05) is 0 Å². The summed E-state index contributed by atoms with van der Waals surface area (Å²) in [5, 5.41) is 7.92. The molecule has 0 bridgehead atoms. The number of hydrogen-bond acceptors (Lipinski definition) is 1. The predicted octanol–water partition coefficient (Wildman–Crippen LogP) is 2.92. The number of aliphatic hydroxyl groups excluding tert-OH is 1. The fourth-order valence-electron chi connectivity index (χ4n) is 0.905. The zero-order valence-electron chi connectivity index (χ0n) is 6.65. The van der Waals surface area contributed by atoms with Crippen molar-refractivity contribution < 1.29 is 22.7 Å². The molecule has 1 aromatic carbocycles. The second-order valence-electron chi connectivity index (χ2n) is 2.54. The molecule has 1 aromatic rings. The number of halogens is 5. The van der Waals surface area contributed by atoms with Crippen LogP contribution in [0.1, 0.15) is 11.7 Å².